The zero-order valence-electron chi connectivity index (χ0n) is 22.0. The van der Waals surface area contributed by atoms with E-state index in [2.05, 4.69) is 31.2 Å². The molecule has 9 heteroatoms. The summed E-state index contributed by atoms with van der Waals surface area (Å²) in [7, 11) is 0. The molecule has 1 amide bonds. The summed E-state index contributed by atoms with van der Waals surface area (Å²) in [5.74, 6) is -2.71. The highest BCUT2D eigenvalue weighted by Gasteiger charge is 2.27. The molecule has 2 unspecified atom stereocenters. The van der Waals surface area contributed by atoms with Crippen LogP contribution in [0.5, 0.6) is 0 Å². The van der Waals surface area contributed by atoms with E-state index in [-0.39, 0.29) is 11.0 Å². The number of Topliss-reactive ketones (excluding diaryl/α,β-unsaturated/α-hetero) is 1. The van der Waals surface area contributed by atoms with Gasteiger partial charge in [-0.25, -0.2) is 9.07 Å². The fraction of sp³-hybridized carbons (Fsp3) is 0.519. The Kier molecular flexibility index (Phi) is 12.1. The predicted molar refractivity (Wildman–Crippen MR) is 137 cm³/mol. The van der Waals surface area contributed by atoms with E-state index in [9.17, 15) is 18.8 Å². The van der Waals surface area contributed by atoms with Crippen LogP contribution in [0.25, 0.3) is 0 Å². The van der Waals surface area contributed by atoms with Crippen LogP contribution in [0.4, 0.5) is 4.39 Å². The first kappa shape index (κ1) is 30.7. The van der Waals surface area contributed by atoms with Crippen molar-refractivity contribution in [2.24, 2.45) is 0 Å². The number of carboxylic acids is 1. The molecular formula is C27H38FN3O5. The average Bonchev–Trinajstić information content (AvgIpc) is 2.80. The number of alkyl halides is 1. The van der Waals surface area contributed by atoms with Crippen LogP contribution in [-0.4, -0.2) is 45.3 Å². The van der Waals surface area contributed by atoms with Crippen LogP contribution in [0.3, 0.4) is 0 Å². The first-order chi connectivity index (χ1) is 16.8. The molecule has 0 spiro atoms. The van der Waals surface area contributed by atoms with Gasteiger partial charge in [-0.2, -0.15) is 5.10 Å². The average molecular weight is 504 g/mol. The molecule has 2 N–H and O–H groups in total. The zero-order valence-corrected chi connectivity index (χ0v) is 22.0. The van der Waals surface area contributed by atoms with Crippen LogP contribution in [-0.2, 0) is 26.3 Å². The molecule has 1 aromatic carbocycles. The first-order valence-corrected chi connectivity index (χ1v) is 12.1. The molecule has 2 aromatic rings. The zero-order chi connectivity index (χ0) is 27.5. The Hall–Kier alpha value is -3.36. The monoisotopic (exact) mass is 503 g/mol. The molecule has 0 aliphatic heterocycles. The third-order valence-electron chi connectivity index (χ3n) is 5.60. The van der Waals surface area contributed by atoms with Crippen LogP contribution in [0.2, 0.25) is 0 Å². The third kappa shape index (κ3) is 9.36. The van der Waals surface area contributed by atoms with Gasteiger partial charge in [0.05, 0.1) is 18.5 Å². The number of amides is 1. The molecule has 0 saturated carbocycles. The number of carbonyl (C=O) groups is 3. The second kappa shape index (κ2) is 14.3. The van der Waals surface area contributed by atoms with Crippen LogP contribution >= 0.6 is 0 Å². The second-order valence-electron chi connectivity index (χ2n) is 9.70. The first-order valence-electron chi connectivity index (χ1n) is 12.1. The summed E-state index contributed by atoms with van der Waals surface area (Å²) in [6.45, 7) is 10.0. The number of hydrogen-bond acceptors (Lipinski definition) is 5. The topological polar surface area (TPSA) is 118 Å². The highest BCUT2D eigenvalue weighted by molar-refractivity contribution is 5.91. The van der Waals surface area contributed by atoms with Crippen molar-refractivity contribution in [3.63, 3.8) is 0 Å². The van der Waals surface area contributed by atoms with Gasteiger partial charge in [-0.15, -0.1) is 0 Å². The van der Waals surface area contributed by atoms with Crippen molar-refractivity contribution in [2.45, 2.75) is 84.7 Å². The largest absolute Gasteiger partial charge is 0.481 e. The van der Waals surface area contributed by atoms with Gasteiger partial charge in [-0.05, 0) is 36.0 Å². The number of benzene rings is 1. The van der Waals surface area contributed by atoms with Crippen molar-refractivity contribution >= 4 is 17.7 Å². The van der Waals surface area contributed by atoms with E-state index >= 15 is 0 Å². The number of aromatic nitrogens is 2. The van der Waals surface area contributed by atoms with Gasteiger partial charge in [0, 0.05) is 18.7 Å². The highest BCUT2D eigenvalue weighted by atomic mass is 19.1. The highest BCUT2D eigenvalue weighted by Crippen LogP contribution is 2.26. The molecular weight excluding hydrogens is 465 g/mol. The van der Waals surface area contributed by atoms with Crippen LogP contribution in [0.1, 0.15) is 83.4 Å². The lowest BCUT2D eigenvalue weighted by atomic mass is 9.84. The molecule has 2 atom stereocenters. The number of halogens is 1. The molecule has 2 rings (SSSR count). The molecule has 1 aromatic heterocycles. The molecule has 0 bridgehead atoms. The Balaban J connectivity index is 0.00000150. The van der Waals surface area contributed by atoms with Gasteiger partial charge in [-0.3, -0.25) is 19.2 Å². The van der Waals surface area contributed by atoms with Crippen LogP contribution in [0.15, 0.2) is 41.3 Å². The van der Waals surface area contributed by atoms with Crippen LogP contribution in [0, 0.1) is 0 Å². The van der Waals surface area contributed by atoms with E-state index in [1.165, 1.54) is 17.8 Å². The van der Waals surface area contributed by atoms with E-state index in [0.29, 0.717) is 18.5 Å². The van der Waals surface area contributed by atoms with Crippen LogP contribution < -0.4 is 10.9 Å². The Morgan fingerprint density at radius 2 is 1.78 bits per heavy atom. The van der Waals surface area contributed by atoms with Gasteiger partial charge >= 0.3 is 0 Å². The summed E-state index contributed by atoms with van der Waals surface area (Å²) in [5, 5.41) is 14.2. The maximum atomic E-state index is 13.3. The number of carboxylic acid groups (broad SMARTS) is 1. The van der Waals surface area contributed by atoms with E-state index < -0.39 is 36.3 Å². The second-order valence-corrected chi connectivity index (χ2v) is 9.70. The van der Waals surface area contributed by atoms with E-state index in [4.69, 9.17) is 9.90 Å². The lowest BCUT2D eigenvalue weighted by Crippen LogP contribution is -2.43. The van der Waals surface area contributed by atoms with Gasteiger partial charge in [0.15, 0.2) is 5.78 Å². The molecule has 8 nitrogen and oxygen atoms in total. The molecule has 0 aliphatic rings. The summed E-state index contributed by atoms with van der Waals surface area (Å²) in [6.07, 6.45) is 3.56. The maximum Gasteiger partial charge on any atom is 0.300 e. The van der Waals surface area contributed by atoms with Crippen molar-refractivity contribution < 1.29 is 23.9 Å². The molecule has 0 radical (unpaired) electrons. The van der Waals surface area contributed by atoms with Crippen molar-refractivity contribution in [3.8, 4) is 0 Å². The molecule has 1 heterocycles. The molecule has 0 saturated heterocycles. The van der Waals surface area contributed by atoms with Crippen molar-refractivity contribution in [1.29, 1.82) is 0 Å². The number of nitrogens with one attached hydrogen (secondary N) is 1. The number of nitrogens with zero attached hydrogens (tertiary/aromatic N) is 2. The Labute approximate surface area is 211 Å². The predicted octanol–water partition coefficient (Wildman–Crippen LogP) is 4.00. The van der Waals surface area contributed by atoms with E-state index in [1.807, 2.05) is 31.2 Å². The van der Waals surface area contributed by atoms with E-state index in [0.717, 1.165) is 30.9 Å². The fourth-order valence-electron chi connectivity index (χ4n) is 3.74. The Morgan fingerprint density at radius 3 is 2.33 bits per heavy atom. The van der Waals surface area contributed by atoms with Crippen molar-refractivity contribution in [2.75, 3.05) is 6.67 Å². The minimum atomic E-state index is -1.14. The summed E-state index contributed by atoms with van der Waals surface area (Å²) in [6, 6.07) is 8.55. The van der Waals surface area contributed by atoms with Gasteiger partial charge < -0.3 is 10.4 Å². The lowest BCUT2D eigenvalue weighted by molar-refractivity contribution is -0.134. The van der Waals surface area contributed by atoms with Gasteiger partial charge in [0.2, 0.25) is 5.91 Å². The number of hydrogen-bond donors (Lipinski definition) is 2. The van der Waals surface area contributed by atoms with Gasteiger partial charge in [0.1, 0.15) is 6.67 Å². The van der Waals surface area contributed by atoms with E-state index in [1.54, 1.807) is 6.07 Å². The number of rotatable bonds is 10. The standard InChI is InChI=1S/C25H34FN3O3.C2H4O2/c1-6-7-11-19(23(31)28-17(2)22(30)15-26)20-13-14-27-29(24(20)32)16-18-10-8-9-12-21(18)25(3,4)5;1-2(3)4/h8-10,12-14,17,19H,6-7,11,15-16H2,1-5H3,(H,28,31);1H3,(H,3,4). The molecule has 0 fully saturated rings. The normalized spacial score (nSPS) is 12.6. The van der Waals surface area contributed by atoms with Gasteiger partial charge in [-0.1, -0.05) is 64.8 Å². The summed E-state index contributed by atoms with van der Waals surface area (Å²) >= 11 is 0. The molecule has 36 heavy (non-hydrogen) atoms. The van der Waals surface area contributed by atoms with Gasteiger partial charge in [0.25, 0.3) is 11.5 Å². The molecule has 198 valence electrons. The quantitative estimate of drug-likeness (QED) is 0.506. The van der Waals surface area contributed by atoms with Crippen molar-refractivity contribution in [1.82, 2.24) is 15.1 Å². The van der Waals surface area contributed by atoms with Crippen molar-refractivity contribution in [3.05, 3.63) is 63.6 Å². The number of ketones is 1. The Bertz CT molecular complexity index is 1090. The SMILES string of the molecule is CC(=O)O.CCCCC(C(=O)NC(C)C(=O)CF)c1ccnn(Cc2ccccc2C(C)(C)C)c1=O. The fourth-order valence-corrected chi connectivity index (χ4v) is 3.74. The lowest BCUT2D eigenvalue weighted by Gasteiger charge is -2.23. The minimum absolute atomic E-state index is 0.0968. The maximum absolute atomic E-state index is 13.3. The minimum Gasteiger partial charge on any atom is -0.481 e. The third-order valence-corrected chi connectivity index (χ3v) is 5.60. The Morgan fingerprint density at radius 1 is 1.17 bits per heavy atom. The summed E-state index contributed by atoms with van der Waals surface area (Å²) < 4.78 is 14.1. The molecule has 0 aliphatic carbocycles. The summed E-state index contributed by atoms with van der Waals surface area (Å²) in [4.78, 5) is 46.8. The smallest absolute Gasteiger partial charge is 0.300 e. The summed E-state index contributed by atoms with van der Waals surface area (Å²) in [5.41, 5.74) is 2.01. The number of carbonyl (C=O) groups excluding carboxylic acids is 2. The number of aliphatic carboxylic acids is 1. The number of unbranched alkanes of at least 4 members (excludes halogenated alkanes) is 1.